The molecule has 2 aromatic rings. The lowest BCUT2D eigenvalue weighted by molar-refractivity contribution is -0.118. The molecule has 0 spiro atoms. The van der Waals surface area contributed by atoms with Gasteiger partial charge in [-0.05, 0) is 43.2 Å². The van der Waals surface area contributed by atoms with Crippen molar-refractivity contribution in [1.29, 1.82) is 0 Å². The molecule has 0 saturated carbocycles. The van der Waals surface area contributed by atoms with Crippen LogP contribution in [0.1, 0.15) is 25.0 Å². The third-order valence-corrected chi connectivity index (χ3v) is 3.41. The molecule has 0 bridgehead atoms. The van der Waals surface area contributed by atoms with E-state index in [9.17, 15) is 4.79 Å². The zero-order valence-electron chi connectivity index (χ0n) is 14.0. The SMILES string of the molecule is CC(C)(CO)NC(=O)/C=C/c1ccc(OCc2ccccc2)cc1. The predicted molar refractivity (Wildman–Crippen MR) is 95.6 cm³/mol. The van der Waals surface area contributed by atoms with Gasteiger partial charge in [-0.25, -0.2) is 0 Å². The maximum absolute atomic E-state index is 11.8. The average Bonchev–Trinajstić information content (AvgIpc) is 2.59. The van der Waals surface area contributed by atoms with Crippen molar-refractivity contribution in [2.45, 2.75) is 26.0 Å². The summed E-state index contributed by atoms with van der Waals surface area (Å²) in [6, 6.07) is 17.5. The van der Waals surface area contributed by atoms with Gasteiger partial charge in [0, 0.05) is 6.08 Å². The van der Waals surface area contributed by atoms with Crippen LogP contribution >= 0.6 is 0 Å². The topological polar surface area (TPSA) is 58.6 Å². The number of hydrogen-bond donors (Lipinski definition) is 2. The van der Waals surface area contributed by atoms with Gasteiger partial charge < -0.3 is 15.2 Å². The molecule has 2 rings (SSSR count). The van der Waals surface area contributed by atoms with Gasteiger partial charge >= 0.3 is 0 Å². The average molecular weight is 325 g/mol. The second kappa shape index (κ2) is 8.31. The number of benzene rings is 2. The normalized spacial score (nSPS) is 11.5. The number of aliphatic hydroxyl groups is 1. The van der Waals surface area contributed by atoms with Gasteiger partial charge in [-0.3, -0.25) is 4.79 Å². The Balaban J connectivity index is 1.87. The molecule has 4 nitrogen and oxygen atoms in total. The lowest BCUT2D eigenvalue weighted by Crippen LogP contribution is -2.45. The van der Waals surface area contributed by atoms with Gasteiger partial charge in [0.25, 0.3) is 0 Å². The molecule has 0 aliphatic rings. The second-order valence-electron chi connectivity index (χ2n) is 6.21. The standard InChI is InChI=1S/C20H23NO3/c1-20(2,15-22)21-19(23)13-10-16-8-11-18(12-9-16)24-14-17-6-4-3-5-7-17/h3-13,22H,14-15H2,1-2H3,(H,21,23)/b13-10+. The zero-order chi connectivity index (χ0) is 17.4. The zero-order valence-corrected chi connectivity index (χ0v) is 14.0. The van der Waals surface area contributed by atoms with E-state index in [0.717, 1.165) is 16.9 Å². The van der Waals surface area contributed by atoms with E-state index in [0.29, 0.717) is 6.61 Å². The van der Waals surface area contributed by atoms with Crippen LogP contribution in [0, 0.1) is 0 Å². The van der Waals surface area contributed by atoms with E-state index in [2.05, 4.69) is 5.32 Å². The lowest BCUT2D eigenvalue weighted by atomic mass is 10.1. The number of carbonyl (C=O) groups is 1. The Hall–Kier alpha value is -2.59. The predicted octanol–water partition coefficient (Wildman–Crippen LogP) is 3.17. The van der Waals surface area contributed by atoms with Crippen molar-refractivity contribution in [3.8, 4) is 5.75 Å². The van der Waals surface area contributed by atoms with Crippen LogP contribution in [0.2, 0.25) is 0 Å². The van der Waals surface area contributed by atoms with E-state index >= 15 is 0 Å². The molecule has 0 fully saturated rings. The van der Waals surface area contributed by atoms with Crippen molar-refractivity contribution in [3.63, 3.8) is 0 Å². The molecule has 24 heavy (non-hydrogen) atoms. The first-order valence-electron chi connectivity index (χ1n) is 7.86. The van der Waals surface area contributed by atoms with Gasteiger partial charge in [0.1, 0.15) is 12.4 Å². The number of hydrogen-bond acceptors (Lipinski definition) is 3. The van der Waals surface area contributed by atoms with Crippen molar-refractivity contribution >= 4 is 12.0 Å². The van der Waals surface area contributed by atoms with Crippen molar-refractivity contribution in [2.24, 2.45) is 0 Å². The van der Waals surface area contributed by atoms with Crippen LogP contribution in [0.3, 0.4) is 0 Å². The van der Waals surface area contributed by atoms with Crippen LogP contribution in [-0.2, 0) is 11.4 Å². The Kier molecular flexibility index (Phi) is 6.15. The van der Waals surface area contributed by atoms with Gasteiger partial charge in [0.15, 0.2) is 0 Å². The molecule has 0 aromatic heterocycles. The summed E-state index contributed by atoms with van der Waals surface area (Å²) in [5.74, 6) is 0.542. The first kappa shape index (κ1) is 17.8. The third-order valence-electron chi connectivity index (χ3n) is 3.41. The van der Waals surface area contributed by atoms with E-state index in [1.165, 1.54) is 6.08 Å². The van der Waals surface area contributed by atoms with Gasteiger partial charge in [-0.15, -0.1) is 0 Å². The van der Waals surface area contributed by atoms with E-state index in [4.69, 9.17) is 9.84 Å². The van der Waals surface area contributed by atoms with E-state index in [1.807, 2.05) is 54.6 Å². The van der Waals surface area contributed by atoms with Crippen LogP contribution in [0.5, 0.6) is 5.75 Å². The van der Waals surface area contributed by atoms with Crippen molar-refractivity contribution in [2.75, 3.05) is 6.61 Å². The molecule has 2 aromatic carbocycles. The van der Waals surface area contributed by atoms with Crippen LogP contribution in [0.15, 0.2) is 60.7 Å². The molecule has 1 amide bonds. The Labute approximate surface area is 142 Å². The van der Waals surface area contributed by atoms with Crippen LogP contribution in [0.25, 0.3) is 6.08 Å². The Morgan fingerprint density at radius 3 is 2.42 bits per heavy atom. The van der Waals surface area contributed by atoms with Crippen molar-refractivity contribution < 1.29 is 14.6 Å². The summed E-state index contributed by atoms with van der Waals surface area (Å²) < 4.78 is 5.72. The Morgan fingerprint density at radius 1 is 1.12 bits per heavy atom. The number of rotatable bonds is 7. The molecule has 0 unspecified atom stereocenters. The molecule has 0 aliphatic heterocycles. The first-order chi connectivity index (χ1) is 11.5. The molecule has 0 heterocycles. The minimum Gasteiger partial charge on any atom is -0.489 e. The molecule has 0 radical (unpaired) electrons. The van der Waals surface area contributed by atoms with Crippen molar-refractivity contribution in [3.05, 3.63) is 71.8 Å². The Bertz CT molecular complexity index is 676. The summed E-state index contributed by atoms with van der Waals surface area (Å²) in [5, 5.41) is 11.9. The summed E-state index contributed by atoms with van der Waals surface area (Å²) in [6.07, 6.45) is 3.18. The summed E-state index contributed by atoms with van der Waals surface area (Å²) in [5.41, 5.74) is 1.39. The largest absolute Gasteiger partial charge is 0.489 e. The molecule has 126 valence electrons. The molecular formula is C20H23NO3. The molecule has 0 atom stereocenters. The maximum atomic E-state index is 11.8. The number of ether oxygens (including phenoxy) is 1. The van der Waals surface area contributed by atoms with E-state index in [1.54, 1.807) is 19.9 Å². The van der Waals surface area contributed by atoms with E-state index < -0.39 is 5.54 Å². The van der Waals surface area contributed by atoms with Crippen LogP contribution < -0.4 is 10.1 Å². The smallest absolute Gasteiger partial charge is 0.244 e. The number of carbonyl (C=O) groups excluding carboxylic acids is 1. The fraction of sp³-hybridized carbons (Fsp3) is 0.250. The minimum atomic E-state index is -0.628. The number of amides is 1. The molecule has 0 saturated heterocycles. The second-order valence-corrected chi connectivity index (χ2v) is 6.21. The highest BCUT2D eigenvalue weighted by Gasteiger charge is 2.17. The summed E-state index contributed by atoms with van der Waals surface area (Å²) in [4.78, 5) is 11.8. The quantitative estimate of drug-likeness (QED) is 0.769. The van der Waals surface area contributed by atoms with E-state index in [-0.39, 0.29) is 12.5 Å². The van der Waals surface area contributed by atoms with Gasteiger partial charge in [-0.1, -0.05) is 42.5 Å². The van der Waals surface area contributed by atoms with Gasteiger partial charge in [-0.2, -0.15) is 0 Å². The van der Waals surface area contributed by atoms with Crippen LogP contribution in [-0.4, -0.2) is 23.2 Å². The summed E-state index contributed by atoms with van der Waals surface area (Å²) in [7, 11) is 0. The highest BCUT2D eigenvalue weighted by atomic mass is 16.5. The third kappa shape index (κ3) is 5.89. The number of aliphatic hydroxyl groups excluding tert-OH is 1. The minimum absolute atomic E-state index is 0.111. The first-order valence-corrected chi connectivity index (χ1v) is 7.86. The monoisotopic (exact) mass is 325 g/mol. The highest BCUT2D eigenvalue weighted by molar-refractivity contribution is 5.92. The number of nitrogens with one attached hydrogen (secondary N) is 1. The van der Waals surface area contributed by atoms with Gasteiger partial charge in [0.2, 0.25) is 5.91 Å². The maximum Gasteiger partial charge on any atom is 0.244 e. The highest BCUT2D eigenvalue weighted by Crippen LogP contribution is 2.15. The molecule has 0 aliphatic carbocycles. The Morgan fingerprint density at radius 2 is 1.79 bits per heavy atom. The molecular weight excluding hydrogens is 302 g/mol. The van der Waals surface area contributed by atoms with Crippen LogP contribution in [0.4, 0.5) is 0 Å². The van der Waals surface area contributed by atoms with Crippen molar-refractivity contribution in [1.82, 2.24) is 5.32 Å². The summed E-state index contributed by atoms with van der Waals surface area (Å²) in [6.45, 7) is 3.93. The lowest BCUT2D eigenvalue weighted by Gasteiger charge is -2.22. The molecule has 4 heteroatoms. The van der Waals surface area contributed by atoms with Gasteiger partial charge in [0.05, 0.1) is 12.1 Å². The fourth-order valence-corrected chi connectivity index (χ4v) is 2.00. The fourth-order valence-electron chi connectivity index (χ4n) is 2.00. The summed E-state index contributed by atoms with van der Waals surface area (Å²) >= 11 is 0. The molecule has 2 N–H and O–H groups in total.